The Morgan fingerprint density at radius 1 is 0.968 bits per heavy atom. The van der Waals surface area contributed by atoms with E-state index in [0.29, 0.717) is 35.6 Å². The Morgan fingerprint density at radius 3 is 2.32 bits per heavy atom. The first-order chi connectivity index (χ1) is 15.0. The molecular weight excluding hydrogens is 400 g/mol. The normalized spacial score (nSPS) is 15.9. The van der Waals surface area contributed by atoms with Gasteiger partial charge >= 0.3 is 0 Å². The predicted molar refractivity (Wildman–Crippen MR) is 114 cm³/mol. The highest BCUT2D eigenvalue weighted by molar-refractivity contribution is 6.06. The summed E-state index contributed by atoms with van der Waals surface area (Å²) in [5.74, 6) is -0.00395. The number of Topliss-reactive ketones (excluding diaryl/α,β-unsaturated/α-hetero) is 1. The maximum absolute atomic E-state index is 13.0. The van der Waals surface area contributed by atoms with Crippen molar-refractivity contribution < 1.29 is 28.6 Å². The van der Waals surface area contributed by atoms with Crippen molar-refractivity contribution in [3.8, 4) is 17.2 Å². The van der Waals surface area contributed by atoms with Crippen molar-refractivity contribution in [1.29, 1.82) is 0 Å². The number of hydrogen-bond donors (Lipinski definition) is 1. The summed E-state index contributed by atoms with van der Waals surface area (Å²) in [5.41, 5.74) is 0.748. The second-order valence-corrected chi connectivity index (χ2v) is 7.12. The van der Waals surface area contributed by atoms with Crippen LogP contribution in [-0.2, 0) is 4.79 Å². The van der Waals surface area contributed by atoms with Crippen molar-refractivity contribution in [2.45, 2.75) is 18.9 Å². The molecule has 1 aliphatic heterocycles. The molecule has 2 amide bonds. The highest BCUT2D eigenvalue weighted by atomic mass is 16.5. The van der Waals surface area contributed by atoms with Crippen LogP contribution in [-0.4, -0.2) is 63.0 Å². The number of carbonyl (C=O) groups excluding carboxylic acids is 3. The minimum absolute atomic E-state index is 0.0173. The molecule has 3 rings (SSSR count). The lowest BCUT2D eigenvalue weighted by atomic mass is 10.1. The van der Waals surface area contributed by atoms with Gasteiger partial charge in [0, 0.05) is 5.56 Å². The molecule has 1 heterocycles. The van der Waals surface area contributed by atoms with Crippen molar-refractivity contribution in [2.75, 3.05) is 34.4 Å². The fraction of sp³-hybridized carbons (Fsp3) is 0.348. The monoisotopic (exact) mass is 426 g/mol. The van der Waals surface area contributed by atoms with Crippen LogP contribution in [0.5, 0.6) is 17.2 Å². The number of nitrogens with one attached hydrogen (secondary N) is 1. The van der Waals surface area contributed by atoms with Gasteiger partial charge in [-0.25, -0.2) is 0 Å². The van der Waals surface area contributed by atoms with Crippen LogP contribution in [0.25, 0.3) is 0 Å². The van der Waals surface area contributed by atoms with Crippen LogP contribution < -0.4 is 19.5 Å². The van der Waals surface area contributed by atoms with E-state index in [1.165, 1.54) is 21.3 Å². The Hall–Kier alpha value is -3.39. The van der Waals surface area contributed by atoms with Gasteiger partial charge < -0.3 is 14.2 Å². The van der Waals surface area contributed by atoms with Gasteiger partial charge in [0.05, 0.1) is 39.5 Å². The van der Waals surface area contributed by atoms with Crippen LogP contribution in [0, 0.1) is 0 Å². The Balaban J connectivity index is 1.72. The zero-order valence-corrected chi connectivity index (χ0v) is 17.8. The molecule has 1 fully saturated rings. The topological polar surface area (TPSA) is 94.2 Å². The van der Waals surface area contributed by atoms with Crippen LogP contribution in [0.4, 0.5) is 0 Å². The number of ketones is 1. The molecule has 0 aromatic heterocycles. The number of hydrogen-bond acceptors (Lipinski definition) is 7. The molecule has 2 aromatic rings. The van der Waals surface area contributed by atoms with Crippen molar-refractivity contribution in [3.63, 3.8) is 0 Å². The lowest BCUT2D eigenvalue weighted by molar-refractivity contribution is -0.124. The van der Waals surface area contributed by atoms with Gasteiger partial charge in [0.2, 0.25) is 11.7 Å². The Kier molecular flexibility index (Phi) is 7.25. The minimum Gasteiger partial charge on any atom is -0.493 e. The zero-order valence-electron chi connectivity index (χ0n) is 17.8. The summed E-state index contributed by atoms with van der Waals surface area (Å²) in [6.45, 7) is 0.600. The first kappa shape index (κ1) is 22.3. The summed E-state index contributed by atoms with van der Waals surface area (Å²) in [5, 5.41) is 2.44. The second-order valence-electron chi connectivity index (χ2n) is 7.12. The van der Waals surface area contributed by atoms with Crippen LogP contribution in [0.15, 0.2) is 42.5 Å². The van der Waals surface area contributed by atoms with Crippen LogP contribution in [0.2, 0.25) is 0 Å². The molecule has 164 valence electrons. The molecule has 0 aliphatic carbocycles. The molecule has 0 unspecified atom stereocenters. The van der Waals surface area contributed by atoms with Gasteiger partial charge in [0.25, 0.3) is 5.91 Å². The molecule has 0 bridgehead atoms. The van der Waals surface area contributed by atoms with Crippen molar-refractivity contribution in [2.24, 2.45) is 0 Å². The summed E-state index contributed by atoms with van der Waals surface area (Å²) < 4.78 is 16.0. The van der Waals surface area contributed by atoms with Crippen molar-refractivity contribution in [1.82, 2.24) is 10.2 Å². The number of carbonyl (C=O) groups is 3. The SMILES string of the molecule is COc1ccc(C(=O)CN2CCC[C@H]2C(=O)NC(=O)c2ccccc2)c(OC)c1OC. The number of methoxy groups -OCH3 is 3. The van der Waals surface area contributed by atoms with E-state index in [0.717, 1.165) is 6.42 Å². The Bertz CT molecular complexity index is 960. The van der Waals surface area contributed by atoms with E-state index in [2.05, 4.69) is 5.32 Å². The van der Waals surface area contributed by atoms with Gasteiger partial charge in [-0.2, -0.15) is 0 Å². The number of amides is 2. The van der Waals surface area contributed by atoms with Crippen LogP contribution in [0.3, 0.4) is 0 Å². The van der Waals surface area contributed by atoms with Gasteiger partial charge in [-0.3, -0.25) is 24.6 Å². The third-order valence-corrected chi connectivity index (χ3v) is 5.29. The number of nitrogens with zero attached hydrogens (tertiary/aromatic N) is 1. The lowest BCUT2D eigenvalue weighted by Gasteiger charge is -2.23. The summed E-state index contributed by atoms with van der Waals surface area (Å²) in [6.07, 6.45) is 1.33. The van der Waals surface area contributed by atoms with E-state index < -0.39 is 17.9 Å². The molecule has 0 saturated carbocycles. The quantitative estimate of drug-likeness (QED) is 0.511. The number of benzene rings is 2. The summed E-state index contributed by atoms with van der Waals surface area (Å²) in [7, 11) is 4.43. The zero-order chi connectivity index (χ0) is 22.4. The van der Waals surface area contributed by atoms with E-state index in [9.17, 15) is 14.4 Å². The standard InChI is InChI=1S/C23H26N2O6/c1-29-19-12-11-16(20(30-2)21(19)31-3)18(26)14-25-13-7-10-17(25)23(28)24-22(27)15-8-5-4-6-9-15/h4-6,8-9,11-12,17H,7,10,13-14H2,1-3H3,(H,24,27,28)/t17-/m0/s1. The van der Waals surface area contributed by atoms with Crippen molar-refractivity contribution in [3.05, 3.63) is 53.6 Å². The van der Waals surface area contributed by atoms with Gasteiger partial charge in [0.1, 0.15) is 0 Å². The molecule has 2 aromatic carbocycles. The molecule has 1 aliphatic rings. The fourth-order valence-electron chi connectivity index (χ4n) is 3.76. The molecule has 1 N–H and O–H groups in total. The number of ether oxygens (including phenoxy) is 3. The number of imide groups is 1. The van der Waals surface area contributed by atoms with E-state index >= 15 is 0 Å². The maximum Gasteiger partial charge on any atom is 0.257 e. The van der Waals surface area contributed by atoms with E-state index in [4.69, 9.17) is 14.2 Å². The van der Waals surface area contributed by atoms with E-state index in [1.54, 1.807) is 47.4 Å². The minimum atomic E-state index is -0.553. The van der Waals surface area contributed by atoms with Crippen LogP contribution >= 0.6 is 0 Å². The summed E-state index contributed by atoms with van der Waals surface area (Å²) in [4.78, 5) is 39.9. The average molecular weight is 426 g/mol. The first-order valence-electron chi connectivity index (χ1n) is 9.96. The Labute approximate surface area is 181 Å². The predicted octanol–water partition coefficient (Wildman–Crippen LogP) is 2.32. The summed E-state index contributed by atoms with van der Waals surface area (Å²) in [6, 6.07) is 11.2. The van der Waals surface area contributed by atoms with Crippen molar-refractivity contribution >= 4 is 17.6 Å². The highest BCUT2D eigenvalue weighted by Gasteiger charge is 2.34. The maximum atomic E-state index is 13.0. The molecule has 1 saturated heterocycles. The van der Waals surface area contributed by atoms with Gasteiger partial charge in [0.15, 0.2) is 17.3 Å². The number of rotatable bonds is 8. The Morgan fingerprint density at radius 2 is 1.68 bits per heavy atom. The van der Waals surface area contributed by atoms with Gasteiger partial charge in [-0.15, -0.1) is 0 Å². The molecule has 8 heteroatoms. The van der Waals surface area contributed by atoms with Crippen LogP contribution in [0.1, 0.15) is 33.6 Å². The molecular formula is C23H26N2O6. The molecule has 1 atom stereocenters. The first-order valence-corrected chi connectivity index (χ1v) is 9.96. The van der Waals surface area contributed by atoms with Gasteiger partial charge in [-0.1, -0.05) is 18.2 Å². The third kappa shape index (κ3) is 4.86. The highest BCUT2D eigenvalue weighted by Crippen LogP contribution is 2.40. The fourth-order valence-corrected chi connectivity index (χ4v) is 3.76. The number of likely N-dealkylation sites (tertiary alicyclic amines) is 1. The third-order valence-electron chi connectivity index (χ3n) is 5.29. The lowest BCUT2D eigenvalue weighted by Crippen LogP contribution is -2.46. The molecule has 8 nitrogen and oxygen atoms in total. The van der Waals surface area contributed by atoms with E-state index in [-0.39, 0.29) is 18.1 Å². The average Bonchev–Trinajstić information content (AvgIpc) is 3.26. The second kappa shape index (κ2) is 10.1. The molecule has 0 radical (unpaired) electrons. The largest absolute Gasteiger partial charge is 0.493 e. The molecule has 0 spiro atoms. The summed E-state index contributed by atoms with van der Waals surface area (Å²) >= 11 is 0. The smallest absolute Gasteiger partial charge is 0.257 e. The molecule has 31 heavy (non-hydrogen) atoms. The van der Waals surface area contributed by atoms with Gasteiger partial charge in [-0.05, 0) is 43.7 Å². The van der Waals surface area contributed by atoms with E-state index in [1.807, 2.05) is 0 Å².